The number of carbonyl (C=O) groups excluding carboxylic acids is 1. The first-order chi connectivity index (χ1) is 12.2. The zero-order valence-electron chi connectivity index (χ0n) is 13.3. The van der Waals surface area contributed by atoms with Crippen LogP contribution in [0.3, 0.4) is 0 Å². The Morgan fingerprint density at radius 3 is 2.80 bits per heavy atom. The second kappa shape index (κ2) is 6.07. The van der Waals surface area contributed by atoms with Gasteiger partial charge in [0.15, 0.2) is 0 Å². The number of aromatic nitrogens is 1. The number of amides is 1. The molecule has 5 nitrogen and oxygen atoms in total. The lowest BCUT2D eigenvalue weighted by molar-refractivity contribution is 0.102. The number of hydrogen-bond acceptors (Lipinski definition) is 4. The van der Waals surface area contributed by atoms with Crippen LogP contribution in [-0.2, 0) is 0 Å². The van der Waals surface area contributed by atoms with Crippen LogP contribution >= 0.6 is 11.3 Å². The number of anilines is 1. The average Bonchev–Trinajstić information content (AvgIpc) is 3.12. The van der Waals surface area contributed by atoms with E-state index in [0.717, 1.165) is 10.1 Å². The molecule has 0 fully saturated rings. The second-order valence-corrected chi connectivity index (χ2v) is 6.45. The molecule has 6 heteroatoms. The number of nitrogens with one attached hydrogen (secondary N) is 2. The molecular formula is C19H14N2O3S. The summed E-state index contributed by atoms with van der Waals surface area (Å²) in [6, 6.07) is 14.3. The molecule has 0 spiro atoms. The highest BCUT2D eigenvalue weighted by molar-refractivity contribution is 7.18. The predicted octanol–water partition coefficient (Wildman–Crippen LogP) is 4.00. The molecule has 25 heavy (non-hydrogen) atoms. The van der Waals surface area contributed by atoms with Gasteiger partial charge in [-0.1, -0.05) is 18.2 Å². The third-order valence-electron chi connectivity index (χ3n) is 4.04. The molecule has 0 unspecified atom stereocenters. The normalized spacial score (nSPS) is 10.9. The van der Waals surface area contributed by atoms with E-state index in [-0.39, 0.29) is 11.5 Å². The van der Waals surface area contributed by atoms with Crippen LogP contribution in [0.5, 0.6) is 5.75 Å². The lowest BCUT2D eigenvalue weighted by Crippen LogP contribution is -2.13. The maximum atomic E-state index is 12.6. The first-order valence-electron chi connectivity index (χ1n) is 7.65. The van der Waals surface area contributed by atoms with Gasteiger partial charge in [-0.2, -0.15) is 0 Å². The van der Waals surface area contributed by atoms with Gasteiger partial charge in [0.1, 0.15) is 5.75 Å². The van der Waals surface area contributed by atoms with Crippen LogP contribution in [0.25, 0.3) is 21.0 Å². The number of fused-ring (bicyclic) bond motifs is 3. The number of hydrogen-bond donors (Lipinski definition) is 2. The van der Waals surface area contributed by atoms with Crippen molar-refractivity contribution in [2.45, 2.75) is 0 Å². The molecule has 0 radical (unpaired) electrons. The van der Waals surface area contributed by atoms with Crippen LogP contribution in [0, 0.1) is 0 Å². The van der Waals surface area contributed by atoms with Gasteiger partial charge in [-0.3, -0.25) is 9.59 Å². The predicted molar refractivity (Wildman–Crippen MR) is 101 cm³/mol. The third-order valence-corrected chi connectivity index (χ3v) is 4.99. The van der Waals surface area contributed by atoms with Gasteiger partial charge in [-0.15, -0.1) is 11.3 Å². The van der Waals surface area contributed by atoms with Crippen molar-refractivity contribution in [1.82, 2.24) is 4.98 Å². The van der Waals surface area contributed by atoms with Crippen LogP contribution in [0.1, 0.15) is 10.4 Å². The lowest BCUT2D eigenvalue weighted by Gasteiger charge is -2.10. The Bertz CT molecular complexity index is 1160. The molecule has 2 N–H and O–H groups in total. The summed E-state index contributed by atoms with van der Waals surface area (Å²) in [5, 5.41) is 6.33. The molecule has 2 heterocycles. The molecule has 0 aliphatic rings. The number of carbonyl (C=O) groups is 1. The molecule has 0 saturated heterocycles. The van der Waals surface area contributed by atoms with E-state index in [1.54, 1.807) is 37.4 Å². The highest BCUT2D eigenvalue weighted by Gasteiger charge is 2.12. The summed E-state index contributed by atoms with van der Waals surface area (Å²) < 4.78 is 6.17. The number of thiophene rings is 1. The highest BCUT2D eigenvalue weighted by atomic mass is 32.1. The number of pyridine rings is 1. The summed E-state index contributed by atoms with van der Waals surface area (Å²) in [6.07, 6.45) is 0. The van der Waals surface area contributed by atoms with E-state index < -0.39 is 0 Å². The summed E-state index contributed by atoms with van der Waals surface area (Å²) in [4.78, 5) is 27.6. The van der Waals surface area contributed by atoms with Gasteiger partial charge in [0, 0.05) is 15.6 Å². The topological polar surface area (TPSA) is 71.2 Å². The van der Waals surface area contributed by atoms with E-state index in [0.29, 0.717) is 27.9 Å². The molecule has 0 aliphatic carbocycles. The molecule has 0 aliphatic heterocycles. The number of benzene rings is 2. The Morgan fingerprint density at radius 1 is 1.12 bits per heavy atom. The molecule has 0 atom stereocenters. The van der Waals surface area contributed by atoms with Crippen molar-refractivity contribution in [2.75, 3.05) is 12.4 Å². The van der Waals surface area contributed by atoms with Crippen molar-refractivity contribution in [3.05, 3.63) is 69.8 Å². The van der Waals surface area contributed by atoms with Crippen molar-refractivity contribution in [1.29, 1.82) is 0 Å². The first-order valence-corrected chi connectivity index (χ1v) is 8.53. The van der Waals surface area contributed by atoms with E-state index in [9.17, 15) is 9.59 Å². The molecule has 1 amide bonds. The molecule has 124 valence electrons. The van der Waals surface area contributed by atoms with E-state index in [1.807, 2.05) is 23.6 Å². The monoisotopic (exact) mass is 350 g/mol. The van der Waals surface area contributed by atoms with Gasteiger partial charge in [0.05, 0.1) is 23.7 Å². The van der Waals surface area contributed by atoms with Gasteiger partial charge in [-0.25, -0.2) is 0 Å². The second-order valence-electron chi connectivity index (χ2n) is 5.53. The van der Waals surface area contributed by atoms with Crippen LogP contribution in [0.2, 0.25) is 0 Å². The molecule has 4 rings (SSSR count). The maximum Gasteiger partial charge on any atom is 0.257 e. The SMILES string of the molecule is COc1ccccc1NC(=O)c1ccc2c(c1)[nH]c(=O)c1ccsc12. The van der Waals surface area contributed by atoms with Crippen LogP contribution in [-0.4, -0.2) is 18.0 Å². The fourth-order valence-corrected chi connectivity index (χ4v) is 3.75. The van der Waals surface area contributed by atoms with Crippen molar-refractivity contribution in [2.24, 2.45) is 0 Å². The molecular weight excluding hydrogens is 336 g/mol. The minimum absolute atomic E-state index is 0.147. The maximum absolute atomic E-state index is 12.6. The third kappa shape index (κ3) is 2.66. The van der Waals surface area contributed by atoms with Gasteiger partial charge < -0.3 is 15.0 Å². The summed E-state index contributed by atoms with van der Waals surface area (Å²) >= 11 is 1.52. The number of rotatable bonds is 3. The number of H-pyrrole nitrogens is 1. The average molecular weight is 350 g/mol. The minimum atomic E-state index is -0.265. The van der Waals surface area contributed by atoms with Crippen LogP contribution < -0.4 is 15.6 Å². The lowest BCUT2D eigenvalue weighted by atomic mass is 10.1. The number of methoxy groups -OCH3 is 1. The van der Waals surface area contributed by atoms with E-state index >= 15 is 0 Å². The fourth-order valence-electron chi connectivity index (χ4n) is 2.82. The van der Waals surface area contributed by atoms with E-state index in [4.69, 9.17) is 4.74 Å². The molecule has 0 saturated carbocycles. The standard InChI is InChI=1S/C19H14N2O3S/c1-24-16-5-3-2-4-14(16)20-18(22)11-6-7-12-15(10-11)21-19(23)13-8-9-25-17(12)13/h2-10H,1H3,(H,20,22)(H,21,23). The Hall–Kier alpha value is -3.12. The Balaban J connectivity index is 1.75. The van der Waals surface area contributed by atoms with Gasteiger partial charge in [0.25, 0.3) is 11.5 Å². The molecule has 2 aromatic carbocycles. The van der Waals surface area contributed by atoms with Gasteiger partial charge in [-0.05, 0) is 35.7 Å². The first kappa shape index (κ1) is 15.4. The van der Waals surface area contributed by atoms with Crippen molar-refractivity contribution in [3.8, 4) is 5.75 Å². The molecule has 2 aromatic heterocycles. The van der Waals surface area contributed by atoms with Crippen molar-refractivity contribution < 1.29 is 9.53 Å². The Labute approximate surface area is 146 Å². The molecule has 0 bridgehead atoms. The zero-order chi connectivity index (χ0) is 17.4. The largest absolute Gasteiger partial charge is 0.495 e. The zero-order valence-corrected chi connectivity index (χ0v) is 14.1. The molecule has 4 aromatic rings. The van der Waals surface area contributed by atoms with Crippen LogP contribution in [0.4, 0.5) is 5.69 Å². The number of ether oxygens (including phenoxy) is 1. The smallest absolute Gasteiger partial charge is 0.257 e. The number of aromatic amines is 1. The minimum Gasteiger partial charge on any atom is -0.495 e. The van der Waals surface area contributed by atoms with Crippen molar-refractivity contribution >= 4 is 43.9 Å². The Morgan fingerprint density at radius 2 is 1.96 bits per heavy atom. The summed E-state index contributed by atoms with van der Waals surface area (Å²) in [6.45, 7) is 0. The summed E-state index contributed by atoms with van der Waals surface area (Å²) in [5.41, 5.74) is 1.56. The fraction of sp³-hybridized carbons (Fsp3) is 0.0526. The summed E-state index contributed by atoms with van der Waals surface area (Å²) in [5.74, 6) is 0.323. The quantitative estimate of drug-likeness (QED) is 0.586. The van der Waals surface area contributed by atoms with Crippen molar-refractivity contribution in [3.63, 3.8) is 0 Å². The highest BCUT2D eigenvalue weighted by Crippen LogP contribution is 2.27. The Kier molecular flexibility index (Phi) is 3.74. The van der Waals surface area contributed by atoms with E-state index in [1.165, 1.54) is 11.3 Å². The summed E-state index contributed by atoms with van der Waals surface area (Å²) in [7, 11) is 1.55. The van der Waals surface area contributed by atoms with Gasteiger partial charge in [0.2, 0.25) is 0 Å². The van der Waals surface area contributed by atoms with Gasteiger partial charge >= 0.3 is 0 Å². The van der Waals surface area contributed by atoms with E-state index in [2.05, 4.69) is 10.3 Å². The number of para-hydroxylation sites is 2. The van der Waals surface area contributed by atoms with Crippen LogP contribution in [0.15, 0.2) is 58.7 Å².